The van der Waals surface area contributed by atoms with E-state index in [0.29, 0.717) is 0 Å². The summed E-state index contributed by atoms with van der Waals surface area (Å²) in [5.74, 6) is 0. The monoisotopic (exact) mass is 57.0 g/mol. The van der Waals surface area contributed by atoms with E-state index in [9.17, 15) is 0 Å². The zero-order valence-corrected chi connectivity index (χ0v) is 2.49. The van der Waals surface area contributed by atoms with Gasteiger partial charge in [0.1, 0.15) is 0 Å². The van der Waals surface area contributed by atoms with Crippen molar-refractivity contribution >= 4 is 7.98 Å². The van der Waals surface area contributed by atoms with E-state index >= 15 is 0 Å². The van der Waals surface area contributed by atoms with Crippen LogP contribution in [-0.2, 0) is 4.84 Å². The van der Waals surface area contributed by atoms with Crippen molar-refractivity contribution in [1.29, 1.82) is 0 Å². The molecule has 0 aliphatic heterocycles. The van der Waals surface area contributed by atoms with E-state index in [-0.39, 0.29) is 0 Å². The van der Waals surface area contributed by atoms with Crippen LogP contribution in [-0.4, -0.2) is 15.1 Å². The SMILES string of the molecule is [B-]NOC. The molecule has 0 fully saturated rings. The van der Waals surface area contributed by atoms with Gasteiger partial charge in [-0.05, 0) is 0 Å². The molecule has 0 rings (SSSR count). The second-order valence-corrected chi connectivity index (χ2v) is 0.322. The minimum Gasteiger partial charge on any atom is -0.480 e. The van der Waals surface area contributed by atoms with Gasteiger partial charge in [0.2, 0.25) is 0 Å². The van der Waals surface area contributed by atoms with Crippen LogP contribution in [0.3, 0.4) is 0 Å². The topological polar surface area (TPSA) is 21.3 Å². The molecule has 0 saturated heterocycles. The summed E-state index contributed by atoms with van der Waals surface area (Å²) in [6.45, 7) is 0. The Balaban J connectivity index is 1.97. The molecule has 2 nitrogen and oxygen atoms in total. The molecular weight excluding hydrogens is 52.8 g/mol. The zero-order chi connectivity index (χ0) is 3.41. The maximum Gasteiger partial charge on any atom is 0.0522 e. The van der Waals surface area contributed by atoms with Crippen LogP contribution in [0.15, 0.2) is 0 Å². The van der Waals surface area contributed by atoms with E-state index in [4.69, 9.17) is 0 Å². The summed E-state index contributed by atoms with van der Waals surface area (Å²) >= 11 is 0. The van der Waals surface area contributed by atoms with Crippen LogP contribution in [0.2, 0.25) is 0 Å². The fraction of sp³-hybridized carbons (Fsp3) is 1.00. The highest BCUT2D eigenvalue weighted by atomic mass is 16.6. The highest BCUT2D eigenvalue weighted by Crippen LogP contribution is 1.30. The summed E-state index contributed by atoms with van der Waals surface area (Å²) in [5, 5.41) is 1.93. The molecule has 0 unspecified atom stereocenters. The lowest BCUT2D eigenvalue weighted by Crippen LogP contribution is -2.03. The minimum absolute atomic E-state index is 1.44. The van der Waals surface area contributed by atoms with Gasteiger partial charge in [-0.2, -0.15) is 0 Å². The van der Waals surface area contributed by atoms with Gasteiger partial charge >= 0.3 is 0 Å². The number of rotatable bonds is 1. The first-order chi connectivity index (χ1) is 1.91. The van der Waals surface area contributed by atoms with Crippen LogP contribution in [0.4, 0.5) is 0 Å². The van der Waals surface area contributed by atoms with Crippen LogP contribution in [0.5, 0.6) is 0 Å². The fourth-order valence-electron chi connectivity index (χ4n) is 0. The quantitative estimate of drug-likeness (QED) is 0.315. The number of nitrogens with one attached hydrogen (secondary N) is 1. The van der Waals surface area contributed by atoms with Gasteiger partial charge in [-0.3, -0.25) is 0 Å². The number of hydrogen-bond donors (Lipinski definition) is 1. The van der Waals surface area contributed by atoms with Crippen molar-refractivity contribution in [3.63, 3.8) is 0 Å². The van der Waals surface area contributed by atoms with E-state index in [2.05, 4.69) is 12.8 Å². The maximum atomic E-state index is 4.56. The molecular formula is CH4BNO-. The second-order valence-electron chi connectivity index (χ2n) is 0.322. The Bertz CT molecular complexity index is 10.0. The van der Waals surface area contributed by atoms with Crippen molar-refractivity contribution in [1.82, 2.24) is 5.39 Å². The fourth-order valence-corrected chi connectivity index (χ4v) is 0. The molecule has 0 heterocycles. The molecule has 23 valence electrons. The summed E-state index contributed by atoms with van der Waals surface area (Å²) in [6, 6.07) is 0. The smallest absolute Gasteiger partial charge is 0.0522 e. The van der Waals surface area contributed by atoms with Gasteiger partial charge in [0.25, 0.3) is 0 Å². The van der Waals surface area contributed by atoms with Crippen molar-refractivity contribution in [2.24, 2.45) is 0 Å². The standard InChI is InChI=1S/CH4BNO/c1-4-3-2/h3H,1H3/q-1. The zero-order valence-electron chi connectivity index (χ0n) is 2.49. The summed E-state index contributed by atoms with van der Waals surface area (Å²) in [7, 11) is 6.00. The molecule has 0 saturated carbocycles. The van der Waals surface area contributed by atoms with Gasteiger partial charge in [-0.25, -0.2) is 0 Å². The van der Waals surface area contributed by atoms with E-state index in [1.807, 2.05) is 5.39 Å². The maximum absolute atomic E-state index is 4.56. The van der Waals surface area contributed by atoms with Gasteiger partial charge in [-0.15, -0.1) is 0 Å². The highest BCUT2D eigenvalue weighted by Gasteiger charge is 1.29. The Morgan fingerprint density at radius 3 is 2.25 bits per heavy atom. The van der Waals surface area contributed by atoms with Crippen molar-refractivity contribution in [3.05, 3.63) is 0 Å². The minimum atomic E-state index is 1.44. The first-order valence-electron chi connectivity index (χ1n) is 0.901. The Hall–Kier alpha value is -0.0151. The molecule has 0 bridgehead atoms. The normalized spacial score (nSPS) is 7.50. The summed E-state index contributed by atoms with van der Waals surface area (Å²) in [5.41, 5.74) is 0. The van der Waals surface area contributed by atoms with E-state index in [1.54, 1.807) is 0 Å². The average Bonchev–Trinajstić information content (AvgIpc) is 1.37. The molecule has 0 spiro atoms. The Kier molecular flexibility index (Phi) is 2.97. The van der Waals surface area contributed by atoms with Crippen molar-refractivity contribution < 1.29 is 4.84 Å². The summed E-state index contributed by atoms with van der Waals surface area (Å²) < 4.78 is 0. The average molecular weight is 56.9 g/mol. The first kappa shape index (κ1) is 3.98. The Labute approximate surface area is 26.5 Å². The summed E-state index contributed by atoms with van der Waals surface area (Å²) in [4.78, 5) is 4.07. The van der Waals surface area contributed by atoms with Gasteiger partial charge in [0, 0.05) is 0 Å². The largest absolute Gasteiger partial charge is 0.480 e. The van der Waals surface area contributed by atoms with Gasteiger partial charge in [-0.1, -0.05) is 0 Å². The first-order valence-corrected chi connectivity index (χ1v) is 0.901. The lowest BCUT2D eigenvalue weighted by Gasteiger charge is -2.00. The van der Waals surface area contributed by atoms with Gasteiger partial charge < -0.3 is 18.2 Å². The van der Waals surface area contributed by atoms with Crippen molar-refractivity contribution in [2.45, 2.75) is 0 Å². The Morgan fingerprint density at radius 2 is 2.25 bits per heavy atom. The molecule has 1 N–H and O–H groups in total. The van der Waals surface area contributed by atoms with Gasteiger partial charge in [0.05, 0.1) is 7.11 Å². The van der Waals surface area contributed by atoms with Crippen molar-refractivity contribution in [2.75, 3.05) is 7.11 Å². The van der Waals surface area contributed by atoms with Crippen LogP contribution < -0.4 is 5.39 Å². The Morgan fingerprint density at radius 1 is 2.00 bits per heavy atom. The highest BCUT2D eigenvalue weighted by molar-refractivity contribution is 6.03. The van der Waals surface area contributed by atoms with Crippen LogP contribution in [0.1, 0.15) is 0 Å². The molecule has 0 atom stereocenters. The predicted molar refractivity (Wildman–Crippen MR) is 15.9 cm³/mol. The molecule has 3 heteroatoms. The molecule has 0 aromatic heterocycles. The van der Waals surface area contributed by atoms with Crippen LogP contribution in [0.25, 0.3) is 0 Å². The molecule has 0 aliphatic carbocycles. The predicted octanol–water partition coefficient (Wildman–Crippen LogP) is -0.779. The molecule has 4 heavy (non-hydrogen) atoms. The van der Waals surface area contributed by atoms with Gasteiger partial charge in [0.15, 0.2) is 0 Å². The lowest BCUT2D eigenvalue weighted by atomic mass is 10.5. The third-order valence-corrected chi connectivity index (χ3v) is 0.118. The molecule has 0 aromatic rings. The third kappa shape index (κ3) is 1.98. The number of hydrogen-bond acceptors (Lipinski definition) is 2. The van der Waals surface area contributed by atoms with Crippen molar-refractivity contribution in [3.8, 4) is 0 Å². The summed E-state index contributed by atoms with van der Waals surface area (Å²) in [6.07, 6.45) is 0. The molecule has 0 amide bonds. The lowest BCUT2D eigenvalue weighted by molar-refractivity contribution is 0.156. The van der Waals surface area contributed by atoms with Crippen LogP contribution in [0, 0.1) is 0 Å². The second kappa shape index (κ2) is 2.98. The molecule has 0 aromatic carbocycles. The molecule has 3 radical (unpaired) electrons. The van der Waals surface area contributed by atoms with Crippen LogP contribution >= 0.6 is 0 Å². The van der Waals surface area contributed by atoms with E-state index in [1.165, 1.54) is 7.11 Å². The van der Waals surface area contributed by atoms with E-state index in [0.717, 1.165) is 0 Å². The van der Waals surface area contributed by atoms with E-state index < -0.39 is 0 Å². The molecule has 0 aliphatic rings. The third-order valence-electron chi connectivity index (χ3n) is 0.118.